The van der Waals surface area contributed by atoms with E-state index in [1.807, 2.05) is 19.1 Å². The first kappa shape index (κ1) is 17.9. The van der Waals surface area contributed by atoms with Gasteiger partial charge in [-0.15, -0.1) is 0 Å². The topological polar surface area (TPSA) is 102 Å². The number of aryl methyl sites for hydroxylation is 1. The van der Waals surface area contributed by atoms with E-state index in [0.29, 0.717) is 11.4 Å². The van der Waals surface area contributed by atoms with Crippen LogP contribution in [0.5, 0.6) is 5.75 Å². The number of methoxy groups -OCH3 is 1. The molecule has 2 aromatic rings. The van der Waals surface area contributed by atoms with Crippen molar-refractivity contribution in [3.63, 3.8) is 0 Å². The number of nitrogens with two attached hydrogens (primary N) is 1. The monoisotopic (exact) mass is 372 g/mol. The van der Waals surface area contributed by atoms with Crippen LogP contribution in [0.4, 0.5) is 5.69 Å². The van der Waals surface area contributed by atoms with Gasteiger partial charge in [0.2, 0.25) is 0 Å². The summed E-state index contributed by atoms with van der Waals surface area (Å²) in [5.41, 5.74) is 11.0. The first-order valence-corrected chi connectivity index (χ1v) is 8.61. The summed E-state index contributed by atoms with van der Waals surface area (Å²) >= 11 is 4.80. The minimum atomic E-state index is -0.331. The van der Waals surface area contributed by atoms with Gasteiger partial charge in [-0.05, 0) is 44.1 Å². The molecular formula is C18H20N4O3S. The maximum atomic E-state index is 12.7. The molecule has 1 aromatic heterocycles. The number of anilines is 1. The van der Waals surface area contributed by atoms with E-state index in [0.717, 1.165) is 41.9 Å². The van der Waals surface area contributed by atoms with Crippen LogP contribution in [-0.2, 0) is 6.42 Å². The third-order valence-electron chi connectivity index (χ3n) is 4.19. The van der Waals surface area contributed by atoms with Crippen molar-refractivity contribution in [3.05, 3.63) is 46.9 Å². The van der Waals surface area contributed by atoms with Crippen LogP contribution in [0.2, 0.25) is 0 Å². The smallest absolute Gasteiger partial charge is 0.291 e. The fraction of sp³-hybridized carbons (Fsp3) is 0.278. The number of carbonyl (C=O) groups is 1. The number of rotatable bonds is 4. The second kappa shape index (κ2) is 7.57. The molecule has 0 spiro atoms. The minimum absolute atomic E-state index is 0.0971. The number of nitrogens with one attached hydrogen (secondary N) is 2. The highest BCUT2D eigenvalue weighted by Gasteiger charge is 2.28. The van der Waals surface area contributed by atoms with Crippen molar-refractivity contribution in [2.75, 3.05) is 12.4 Å². The molecule has 0 saturated carbocycles. The molecule has 0 aliphatic heterocycles. The molecule has 1 amide bonds. The third kappa shape index (κ3) is 3.55. The molecule has 0 saturated heterocycles. The second-order valence-electron chi connectivity index (χ2n) is 5.90. The quantitative estimate of drug-likeness (QED) is 0.563. The third-order valence-corrected chi connectivity index (χ3v) is 4.28. The summed E-state index contributed by atoms with van der Waals surface area (Å²) < 4.78 is 11.1. The van der Waals surface area contributed by atoms with Gasteiger partial charge in [-0.25, -0.2) is 0 Å². The van der Waals surface area contributed by atoms with Gasteiger partial charge in [-0.3, -0.25) is 10.2 Å². The number of thiocarbonyl (C=S) groups is 1. The number of hydrogen-bond acceptors (Lipinski definition) is 5. The Morgan fingerprint density at radius 3 is 2.85 bits per heavy atom. The van der Waals surface area contributed by atoms with Crippen molar-refractivity contribution in [2.45, 2.75) is 26.2 Å². The SMILES string of the molecule is COc1ccccc1NC(=O)c1oc2c(c1C)/C(=N/NC(N)=S)CCC2. The van der Waals surface area contributed by atoms with Crippen molar-refractivity contribution in [3.8, 4) is 5.75 Å². The Morgan fingerprint density at radius 1 is 1.35 bits per heavy atom. The zero-order valence-corrected chi connectivity index (χ0v) is 15.4. The molecule has 1 aliphatic rings. The zero-order valence-electron chi connectivity index (χ0n) is 14.6. The number of nitrogens with zero attached hydrogens (tertiary/aromatic N) is 1. The maximum absolute atomic E-state index is 12.7. The van der Waals surface area contributed by atoms with Gasteiger partial charge in [0.15, 0.2) is 10.9 Å². The molecule has 8 heteroatoms. The standard InChI is InChI=1S/C18H20N4O3S/c1-10-15-12(21-22-18(19)26)7-5-9-14(15)25-16(10)17(23)20-11-6-3-4-8-13(11)24-2/h3-4,6,8H,5,7,9H2,1-2H3,(H,20,23)(H3,19,22,26)/b21-12+. The van der Waals surface area contributed by atoms with E-state index in [4.69, 9.17) is 27.1 Å². The van der Waals surface area contributed by atoms with Gasteiger partial charge in [-0.2, -0.15) is 5.10 Å². The van der Waals surface area contributed by atoms with E-state index in [2.05, 4.69) is 15.8 Å². The molecule has 0 fully saturated rings. The number of hydrogen-bond donors (Lipinski definition) is 3. The average molecular weight is 372 g/mol. The predicted octanol–water partition coefficient (Wildman–Crippen LogP) is 2.72. The molecule has 1 aliphatic carbocycles. The summed E-state index contributed by atoms with van der Waals surface area (Å²) in [6.07, 6.45) is 2.39. The number of amides is 1. The summed E-state index contributed by atoms with van der Waals surface area (Å²) in [5.74, 6) is 1.27. The van der Waals surface area contributed by atoms with E-state index in [1.54, 1.807) is 19.2 Å². The number of furan rings is 1. The fourth-order valence-electron chi connectivity index (χ4n) is 3.05. The van der Waals surface area contributed by atoms with Gasteiger partial charge in [0.05, 0.1) is 18.5 Å². The molecule has 0 unspecified atom stereocenters. The summed E-state index contributed by atoms with van der Waals surface area (Å²) in [7, 11) is 1.56. The normalized spacial score (nSPS) is 14.6. The van der Waals surface area contributed by atoms with Gasteiger partial charge >= 0.3 is 0 Å². The summed E-state index contributed by atoms with van der Waals surface area (Å²) in [6.45, 7) is 1.85. The van der Waals surface area contributed by atoms with Crippen LogP contribution in [-0.4, -0.2) is 23.8 Å². The maximum Gasteiger partial charge on any atom is 0.291 e. The van der Waals surface area contributed by atoms with E-state index >= 15 is 0 Å². The lowest BCUT2D eigenvalue weighted by atomic mass is 9.93. The fourth-order valence-corrected chi connectivity index (χ4v) is 3.09. The van der Waals surface area contributed by atoms with Crippen LogP contribution in [0, 0.1) is 6.92 Å². The highest BCUT2D eigenvalue weighted by Crippen LogP contribution is 2.31. The van der Waals surface area contributed by atoms with Crippen LogP contribution in [0.15, 0.2) is 33.8 Å². The molecule has 1 aromatic carbocycles. The largest absolute Gasteiger partial charge is 0.495 e. The highest BCUT2D eigenvalue weighted by atomic mass is 32.1. The Hall–Kier alpha value is -2.87. The van der Waals surface area contributed by atoms with Gasteiger partial charge in [0, 0.05) is 17.5 Å². The Kier molecular flexibility index (Phi) is 5.22. The molecule has 0 atom stereocenters. The average Bonchev–Trinajstić information content (AvgIpc) is 2.98. The van der Waals surface area contributed by atoms with Crippen LogP contribution >= 0.6 is 12.2 Å². The predicted molar refractivity (Wildman–Crippen MR) is 104 cm³/mol. The van der Waals surface area contributed by atoms with Gasteiger partial charge in [0.1, 0.15) is 11.5 Å². The van der Waals surface area contributed by atoms with Gasteiger partial charge in [-0.1, -0.05) is 12.1 Å². The number of fused-ring (bicyclic) bond motifs is 1. The lowest BCUT2D eigenvalue weighted by molar-refractivity contribution is 0.0993. The van der Waals surface area contributed by atoms with Crippen LogP contribution in [0.3, 0.4) is 0 Å². The van der Waals surface area contributed by atoms with E-state index in [-0.39, 0.29) is 16.8 Å². The molecule has 7 nitrogen and oxygen atoms in total. The summed E-state index contributed by atoms with van der Waals surface area (Å²) in [6, 6.07) is 7.21. The Balaban J connectivity index is 1.91. The first-order chi connectivity index (χ1) is 12.5. The Bertz CT molecular complexity index is 889. The lowest BCUT2D eigenvalue weighted by Crippen LogP contribution is -2.26. The van der Waals surface area contributed by atoms with E-state index in [9.17, 15) is 4.79 Å². The lowest BCUT2D eigenvalue weighted by Gasteiger charge is -2.13. The molecule has 1 heterocycles. The summed E-state index contributed by atoms with van der Waals surface area (Å²) in [5, 5.41) is 7.19. The Morgan fingerprint density at radius 2 is 2.12 bits per heavy atom. The molecule has 3 rings (SSSR count). The minimum Gasteiger partial charge on any atom is -0.495 e. The molecular weight excluding hydrogens is 352 g/mol. The number of para-hydroxylation sites is 2. The second-order valence-corrected chi connectivity index (χ2v) is 6.34. The molecule has 0 radical (unpaired) electrons. The molecule has 4 N–H and O–H groups in total. The zero-order chi connectivity index (χ0) is 18.7. The molecule has 26 heavy (non-hydrogen) atoms. The van der Waals surface area contributed by atoms with Gasteiger partial charge < -0.3 is 20.2 Å². The Labute approximate surface area is 156 Å². The number of benzene rings is 1. The highest BCUT2D eigenvalue weighted by molar-refractivity contribution is 7.80. The number of carbonyl (C=O) groups excluding carboxylic acids is 1. The van der Waals surface area contributed by atoms with E-state index in [1.165, 1.54) is 0 Å². The van der Waals surface area contributed by atoms with Crippen molar-refractivity contribution < 1.29 is 13.9 Å². The molecule has 0 bridgehead atoms. The van der Waals surface area contributed by atoms with Crippen LogP contribution < -0.4 is 21.2 Å². The molecule has 136 valence electrons. The van der Waals surface area contributed by atoms with Crippen molar-refractivity contribution in [2.24, 2.45) is 10.8 Å². The number of ether oxygens (including phenoxy) is 1. The van der Waals surface area contributed by atoms with Crippen molar-refractivity contribution in [1.82, 2.24) is 5.43 Å². The number of hydrazone groups is 1. The van der Waals surface area contributed by atoms with Crippen molar-refractivity contribution >= 4 is 34.6 Å². The van der Waals surface area contributed by atoms with Crippen LogP contribution in [0.25, 0.3) is 0 Å². The van der Waals surface area contributed by atoms with Crippen LogP contribution in [0.1, 0.15) is 40.3 Å². The van der Waals surface area contributed by atoms with Gasteiger partial charge in [0.25, 0.3) is 5.91 Å². The first-order valence-electron chi connectivity index (χ1n) is 8.20. The van der Waals surface area contributed by atoms with E-state index < -0.39 is 0 Å². The summed E-state index contributed by atoms with van der Waals surface area (Å²) in [4.78, 5) is 12.7. The van der Waals surface area contributed by atoms with Crippen molar-refractivity contribution in [1.29, 1.82) is 0 Å².